The summed E-state index contributed by atoms with van der Waals surface area (Å²) in [5.41, 5.74) is 5.21. The monoisotopic (exact) mass is 417 g/mol. The Bertz CT molecular complexity index is 1180. The lowest BCUT2D eigenvalue weighted by molar-refractivity contribution is -0.119. The smallest absolute Gasteiger partial charge is 0.267 e. The molecule has 1 aliphatic rings. The molecule has 0 bridgehead atoms. The molecule has 160 valence electrons. The van der Waals surface area contributed by atoms with Gasteiger partial charge in [0.05, 0.1) is 16.7 Å². The number of para-hydroxylation sites is 2. The van der Waals surface area contributed by atoms with E-state index in [2.05, 4.69) is 26.0 Å². The van der Waals surface area contributed by atoms with Gasteiger partial charge in [-0.15, -0.1) is 0 Å². The number of amides is 2. The third-order valence-corrected chi connectivity index (χ3v) is 5.58. The molecule has 0 aliphatic carbocycles. The number of aromatic nitrogens is 2. The molecule has 3 aromatic rings. The number of hydrogen-bond donors (Lipinski definition) is 1. The summed E-state index contributed by atoms with van der Waals surface area (Å²) in [7, 11) is 0. The Labute approximate surface area is 181 Å². The zero-order chi connectivity index (χ0) is 22.0. The van der Waals surface area contributed by atoms with Crippen LogP contribution >= 0.6 is 0 Å². The predicted octanol–water partition coefficient (Wildman–Crippen LogP) is 3.65. The average Bonchev–Trinajstić information content (AvgIpc) is 3.08. The number of nitrogens with zero attached hydrogens (tertiary/aromatic N) is 4. The highest BCUT2D eigenvalue weighted by atomic mass is 16.2. The number of carbonyl (C=O) groups excluding carboxylic acids is 2. The molecular weight excluding hydrogens is 390 g/mol. The zero-order valence-corrected chi connectivity index (χ0v) is 18.2. The highest BCUT2D eigenvalue weighted by Gasteiger charge is 2.26. The number of rotatable bonds is 6. The van der Waals surface area contributed by atoms with Gasteiger partial charge in [-0.05, 0) is 56.5 Å². The maximum atomic E-state index is 12.7. The van der Waals surface area contributed by atoms with Gasteiger partial charge in [0.1, 0.15) is 11.5 Å². The van der Waals surface area contributed by atoms with Gasteiger partial charge in [-0.25, -0.2) is 9.99 Å². The average molecular weight is 418 g/mol. The molecule has 31 heavy (non-hydrogen) atoms. The Morgan fingerprint density at radius 2 is 1.90 bits per heavy atom. The Morgan fingerprint density at radius 3 is 2.74 bits per heavy atom. The highest BCUT2D eigenvalue weighted by molar-refractivity contribution is 6.40. The second-order valence-corrected chi connectivity index (χ2v) is 7.95. The molecule has 0 radical (unpaired) electrons. The lowest BCUT2D eigenvalue weighted by atomic mass is 10.1. The van der Waals surface area contributed by atoms with Gasteiger partial charge in [0.25, 0.3) is 5.91 Å². The van der Waals surface area contributed by atoms with Crippen LogP contribution in [0.15, 0.2) is 47.6 Å². The molecular formula is C24H27N5O2. The number of anilines is 1. The first kappa shape index (κ1) is 20.8. The van der Waals surface area contributed by atoms with Crippen molar-refractivity contribution in [3.8, 4) is 0 Å². The summed E-state index contributed by atoms with van der Waals surface area (Å²) in [6.45, 7) is 7.20. The third kappa shape index (κ3) is 4.35. The summed E-state index contributed by atoms with van der Waals surface area (Å²) in [5, 5.41) is 8.72. The summed E-state index contributed by atoms with van der Waals surface area (Å²) in [5.74, 6) is 0.662. The van der Waals surface area contributed by atoms with Gasteiger partial charge < -0.3 is 9.88 Å². The van der Waals surface area contributed by atoms with Crippen LogP contribution in [0.5, 0.6) is 0 Å². The van der Waals surface area contributed by atoms with Crippen molar-refractivity contribution in [1.29, 1.82) is 0 Å². The van der Waals surface area contributed by atoms with Gasteiger partial charge in [-0.2, -0.15) is 5.10 Å². The molecule has 0 spiro atoms. The molecule has 0 saturated heterocycles. The van der Waals surface area contributed by atoms with Crippen LogP contribution < -0.4 is 10.3 Å². The Kier molecular flexibility index (Phi) is 5.84. The van der Waals surface area contributed by atoms with Crippen LogP contribution in [0.3, 0.4) is 0 Å². The van der Waals surface area contributed by atoms with E-state index in [0.717, 1.165) is 46.6 Å². The first-order valence-electron chi connectivity index (χ1n) is 10.6. The molecule has 0 fully saturated rings. The molecule has 7 heteroatoms. The molecule has 4 rings (SSSR count). The number of hydrazone groups is 1. The van der Waals surface area contributed by atoms with Gasteiger partial charge in [-0.1, -0.05) is 24.3 Å². The van der Waals surface area contributed by atoms with Crippen molar-refractivity contribution in [2.24, 2.45) is 5.10 Å². The van der Waals surface area contributed by atoms with E-state index in [1.807, 2.05) is 57.2 Å². The highest BCUT2D eigenvalue weighted by Crippen LogP contribution is 2.25. The lowest BCUT2D eigenvalue weighted by Crippen LogP contribution is -2.39. The number of carbonyl (C=O) groups is 2. The minimum Gasteiger partial charge on any atom is -0.351 e. The van der Waals surface area contributed by atoms with Crippen LogP contribution in [-0.2, 0) is 16.1 Å². The topological polar surface area (TPSA) is 79.6 Å². The number of nitrogens with one attached hydrogen (secondary N) is 1. The standard InChI is InChI=1S/C24H27N5O2/c1-16-9-10-17(2)22(15-16)29-23(30)12-11-20(27-29)24(31)25-13-6-14-28-18(3)26-19-7-4-5-8-21(19)28/h4-5,7-10,15H,6,11-14H2,1-3H3,(H,25,31). The second kappa shape index (κ2) is 8.71. The number of fused-ring (bicyclic) bond motifs is 1. The maximum Gasteiger partial charge on any atom is 0.267 e. The van der Waals surface area contributed by atoms with Crippen molar-refractivity contribution in [1.82, 2.24) is 14.9 Å². The fraction of sp³-hybridized carbons (Fsp3) is 0.333. The van der Waals surface area contributed by atoms with Crippen molar-refractivity contribution in [2.75, 3.05) is 11.6 Å². The maximum absolute atomic E-state index is 12.7. The van der Waals surface area contributed by atoms with Crippen molar-refractivity contribution < 1.29 is 9.59 Å². The molecule has 1 aromatic heterocycles. The summed E-state index contributed by atoms with van der Waals surface area (Å²) in [6, 6.07) is 13.9. The van der Waals surface area contributed by atoms with Gasteiger partial charge in [0.2, 0.25) is 5.91 Å². The van der Waals surface area contributed by atoms with Gasteiger partial charge in [0.15, 0.2) is 0 Å². The van der Waals surface area contributed by atoms with E-state index >= 15 is 0 Å². The number of benzene rings is 2. The molecule has 1 aliphatic heterocycles. The zero-order valence-electron chi connectivity index (χ0n) is 18.2. The predicted molar refractivity (Wildman–Crippen MR) is 122 cm³/mol. The van der Waals surface area contributed by atoms with Gasteiger partial charge >= 0.3 is 0 Å². The normalized spacial score (nSPS) is 14.1. The molecule has 0 atom stereocenters. The summed E-state index contributed by atoms with van der Waals surface area (Å²) in [4.78, 5) is 29.7. The molecule has 0 saturated carbocycles. The van der Waals surface area contributed by atoms with Crippen LogP contribution in [0.2, 0.25) is 0 Å². The van der Waals surface area contributed by atoms with E-state index in [1.54, 1.807) is 0 Å². The molecule has 7 nitrogen and oxygen atoms in total. The molecule has 2 aromatic carbocycles. The second-order valence-electron chi connectivity index (χ2n) is 7.95. The van der Waals surface area contributed by atoms with Crippen LogP contribution in [0.25, 0.3) is 11.0 Å². The minimum absolute atomic E-state index is 0.0901. The Hall–Kier alpha value is -3.48. The van der Waals surface area contributed by atoms with Crippen molar-refractivity contribution in [3.63, 3.8) is 0 Å². The van der Waals surface area contributed by atoms with E-state index in [0.29, 0.717) is 18.7 Å². The minimum atomic E-state index is -0.213. The van der Waals surface area contributed by atoms with Gasteiger partial charge in [0, 0.05) is 25.9 Å². The fourth-order valence-electron chi connectivity index (χ4n) is 3.87. The van der Waals surface area contributed by atoms with Crippen LogP contribution in [0, 0.1) is 20.8 Å². The molecule has 2 amide bonds. The van der Waals surface area contributed by atoms with Crippen molar-refractivity contribution >= 4 is 34.2 Å². The van der Waals surface area contributed by atoms with E-state index < -0.39 is 0 Å². The van der Waals surface area contributed by atoms with E-state index in [1.165, 1.54) is 5.01 Å². The quantitative estimate of drug-likeness (QED) is 0.622. The first-order chi connectivity index (χ1) is 14.9. The van der Waals surface area contributed by atoms with Crippen LogP contribution in [0.1, 0.15) is 36.2 Å². The summed E-state index contributed by atoms with van der Waals surface area (Å²) < 4.78 is 2.17. The van der Waals surface area contributed by atoms with E-state index in [4.69, 9.17) is 0 Å². The van der Waals surface area contributed by atoms with Crippen molar-refractivity contribution in [2.45, 2.75) is 46.6 Å². The van der Waals surface area contributed by atoms with Crippen LogP contribution in [-0.4, -0.2) is 33.6 Å². The molecule has 0 unspecified atom stereocenters. The number of hydrogen-bond acceptors (Lipinski definition) is 4. The number of imidazole rings is 1. The Balaban J connectivity index is 1.39. The van der Waals surface area contributed by atoms with Crippen LogP contribution in [0.4, 0.5) is 5.69 Å². The SMILES string of the molecule is Cc1ccc(C)c(N2N=C(C(=O)NCCCn3c(C)nc4ccccc43)CCC2=O)c1. The van der Waals surface area contributed by atoms with E-state index in [9.17, 15) is 9.59 Å². The summed E-state index contributed by atoms with van der Waals surface area (Å²) in [6.07, 6.45) is 1.41. The van der Waals surface area contributed by atoms with Crippen molar-refractivity contribution in [3.05, 3.63) is 59.4 Å². The number of aryl methyl sites for hydroxylation is 4. The summed E-state index contributed by atoms with van der Waals surface area (Å²) >= 11 is 0. The molecule has 1 N–H and O–H groups in total. The van der Waals surface area contributed by atoms with E-state index in [-0.39, 0.29) is 18.2 Å². The fourth-order valence-corrected chi connectivity index (χ4v) is 3.87. The lowest BCUT2D eigenvalue weighted by Gasteiger charge is -2.24. The molecule has 2 heterocycles. The third-order valence-electron chi connectivity index (χ3n) is 5.58. The Morgan fingerprint density at radius 1 is 1.10 bits per heavy atom. The largest absolute Gasteiger partial charge is 0.351 e. The first-order valence-corrected chi connectivity index (χ1v) is 10.6. The van der Waals surface area contributed by atoms with Gasteiger partial charge in [-0.3, -0.25) is 9.59 Å².